The van der Waals surface area contributed by atoms with E-state index in [0.29, 0.717) is 11.8 Å². The van der Waals surface area contributed by atoms with Gasteiger partial charge in [0.1, 0.15) is 0 Å². The van der Waals surface area contributed by atoms with Crippen LogP contribution in [0.25, 0.3) is 0 Å². The number of nitrogens with zero attached hydrogens (tertiary/aromatic N) is 3. The van der Waals surface area contributed by atoms with Gasteiger partial charge in [-0.25, -0.2) is 4.98 Å². The van der Waals surface area contributed by atoms with Crippen molar-refractivity contribution >= 4 is 11.3 Å². The highest BCUT2D eigenvalue weighted by molar-refractivity contribution is 7.09. The monoisotopic (exact) mass is 334 g/mol. The van der Waals surface area contributed by atoms with Crippen LogP contribution in [-0.2, 0) is 12.1 Å². The van der Waals surface area contributed by atoms with Crippen LogP contribution < -0.4 is 5.32 Å². The Hall–Kier alpha value is -1.27. The first kappa shape index (κ1) is 16.6. The molecule has 0 saturated heterocycles. The van der Waals surface area contributed by atoms with Crippen LogP contribution in [0.3, 0.4) is 0 Å². The van der Waals surface area contributed by atoms with E-state index in [2.05, 4.69) is 34.7 Å². The Kier molecular flexibility index (Phi) is 5.11. The lowest BCUT2D eigenvalue weighted by molar-refractivity contribution is 0.257. The van der Waals surface area contributed by atoms with Crippen LogP contribution in [-0.4, -0.2) is 15.1 Å². The molecule has 0 unspecified atom stereocenters. The van der Waals surface area contributed by atoms with E-state index in [1.54, 1.807) is 11.3 Å². The molecule has 6 heteroatoms. The van der Waals surface area contributed by atoms with Gasteiger partial charge in [0.05, 0.1) is 16.2 Å². The van der Waals surface area contributed by atoms with Gasteiger partial charge in [-0.05, 0) is 12.8 Å². The summed E-state index contributed by atoms with van der Waals surface area (Å²) in [5.74, 6) is 1.94. The van der Waals surface area contributed by atoms with Crippen LogP contribution in [0.5, 0.6) is 0 Å². The number of aromatic nitrogens is 3. The summed E-state index contributed by atoms with van der Waals surface area (Å²) in [4.78, 5) is 9.28. The Balaban J connectivity index is 1.78. The van der Waals surface area contributed by atoms with E-state index in [1.807, 2.05) is 6.92 Å². The van der Waals surface area contributed by atoms with Crippen LogP contribution in [0.1, 0.15) is 80.7 Å². The molecule has 2 aromatic heterocycles. The number of hydrogen-bond donors (Lipinski definition) is 1. The first-order chi connectivity index (χ1) is 11.1. The molecule has 0 radical (unpaired) electrons. The minimum atomic E-state index is -0.171. The highest BCUT2D eigenvalue weighted by atomic mass is 32.1. The molecular weight excluding hydrogens is 308 g/mol. The Morgan fingerprint density at radius 2 is 1.96 bits per heavy atom. The molecule has 1 fully saturated rings. The smallest absolute Gasteiger partial charge is 0.223 e. The molecule has 1 saturated carbocycles. The fourth-order valence-corrected chi connectivity index (χ4v) is 4.07. The molecule has 0 amide bonds. The first-order valence-electron chi connectivity index (χ1n) is 8.59. The van der Waals surface area contributed by atoms with Gasteiger partial charge in [-0.3, -0.25) is 5.32 Å². The van der Waals surface area contributed by atoms with Crippen LogP contribution in [0.2, 0.25) is 0 Å². The lowest BCUT2D eigenvalue weighted by Crippen LogP contribution is -2.42. The lowest BCUT2D eigenvalue weighted by Gasteiger charge is -2.30. The van der Waals surface area contributed by atoms with Crippen LogP contribution in [0.4, 0.5) is 0 Å². The normalized spacial score (nSPS) is 18.3. The summed E-state index contributed by atoms with van der Waals surface area (Å²) in [7, 11) is 0. The third-order valence-electron chi connectivity index (χ3n) is 4.58. The summed E-state index contributed by atoms with van der Waals surface area (Å²) >= 11 is 1.75. The van der Waals surface area contributed by atoms with Gasteiger partial charge in [-0.1, -0.05) is 44.7 Å². The van der Waals surface area contributed by atoms with Gasteiger partial charge < -0.3 is 4.52 Å². The zero-order valence-corrected chi connectivity index (χ0v) is 15.1. The SMILES string of the molecule is Cc1nc(C2(NCc3csc(C(C)C)n3)CCCCCC2)no1. The third kappa shape index (κ3) is 3.80. The van der Waals surface area contributed by atoms with Crippen LogP contribution >= 0.6 is 11.3 Å². The molecule has 23 heavy (non-hydrogen) atoms. The number of aryl methyl sites for hydroxylation is 1. The van der Waals surface area contributed by atoms with Crippen molar-refractivity contribution in [1.29, 1.82) is 0 Å². The number of hydrogen-bond acceptors (Lipinski definition) is 6. The van der Waals surface area contributed by atoms with Gasteiger partial charge >= 0.3 is 0 Å². The topological polar surface area (TPSA) is 63.8 Å². The zero-order valence-electron chi connectivity index (χ0n) is 14.3. The van der Waals surface area contributed by atoms with Crippen molar-refractivity contribution in [3.63, 3.8) is 0 Å². The highest BCUT2D eigenvalue weighted by Gasteiger charge is 2.37. The Morgan fingerprint density at radius 3 is 2.52 bits per heavy atom. The van der Waals surface area contributed by atoms with E-state index in [9.17, 15) is 0 Å². The average Bonchev–Trinajstić information content (AvgIpc) is 3.11. The first-order valence-corrected chi connectivity index (χ1v) is 9.47. The van der Waals surface area contributed by atoms with Gasteiger partial charge in [0.15, 0.2) is 5.82 Å². The quantitative estimate of drug-likeness (QED) is 0.826. The molecule has 1 aliphatic rings. The number of nitrogens with one attached hydrogen (secondary N) is 1. The minimum absolute atomic E-state index is 0.171. The van der Waals surface area contributed by atoms with Gasteiger partial charge in [0.25, 0.3) is 0 Å². The fourth-order valence-electron chi connectivity index (χ4n) is 3.23. The number of thiazole rings is 1. The summed E-state index contributed by atoms with van der Waals surface area (Å²) < 4.78 is 5.26. The van der Waals surface area contributed by atoms with E-state index in [1.165, 1.54) is 30.7 Å². The third-order valence-corrected chi connectivity index (χ3v) is 5.78. The van der Waals surface area contributed by atoms with E-state index in [0.717, 1.165) is 30.9 Å². The van der Waals surface area contributed by atoms with Crippen molar-refractivity contribution < 1.29 is 4.52 Å². The number of rotatable bonds is 5. The predicted octanol–water partition coefficient (Wildman–Crippen LogP) is 4.30. The zero-order chi connectivity index (χ0) is 16.3. The summed E-state index contributed by atoms with van der Waals surface area (Å²) in [5.41, 5.74) is 0.943. The molecule has 1 N–H and O–H groups in total. The molecule has 0 aromatic carbocycles. The Bertz CT molecular complexity index is 626. The maximum absolute atomic E-state index is 5.26. The van der Waals surface area contributed by atoms with E-state index < -0.39 is 0 Å². The molecule has 3 rings (SSSR count). The maximum atomic E-state index is 5.26. The molecule has 5 nitrogen and oxygen atoms in total. The van der Waals surface area contributed by atoms with Crippen LogP contribution in [0, 0.1) is 6.92 Å². The fraction of sp³-hybridized carbons (Fsp3) is 0.706. The Morgan fingerprint density at radius 1 is 1.22 bits per heavy atom. The summed E-state index contributed by atoms with van der Waals surface area (Å²) in [6.45, 7) is 6.99. The van der Waals surface area contributed by atoms with Gasteiger partial charge in [0.2, 0.25) is 5.89 Å². The lowest BCUT2D eigenvalue weighted by atomic mass is 9.89. The molecule has 126 valence electrons. The maximum Gasteiger partial charge on any atom is 0.223 e. The molecule has 0 spiro atoms. The van der Waals surface area contributed by atoms with Crippen LogP contribution in [0.15, 0.2) is 9.90 Å². The second-order valence-electron chi connectivity index (χ2n) is 6.82. The van der Waals surface area contributed by atoms with Crippen molar-refractivity contribution in [1.82, 2.24) is 20.4 Å². The molecule has 2 aromatic rings. The van der Waals surface area contributed by atoms with Gasteiger partial charge in [-0.2, -0.15) is 4.98 Å². The standard InChI is InChI=1S/C17H26N4OS/c1-12(2)15-20-14(11-23-15)10-18-17(8-6-4-5-7-9-17)16-19-13(3)22-21-16/h11-12,18H,4-10H2,1-3H3. The highest BCUT2D eigenvalue weighted by Crippen LogP contribution is 2.35. The molecule has 1 aliphatic carbocycles. The summed E-state index contributed by atoms with van der Waals surface area (Å²) in [6.07, 6.45) is 7.10. The van der Waals surface area contributed by atoms with Crippen molar-refractivity contribution in [3.8, 4) is 0 Å². The van der Waals surface area contributed by atoms with Crippen molar-refractivity contribution in [2.75, 3.05) is 0 Å². The van der Waals surface area contributed by atoms with Gasteiger partial charge in [-0.15, -0.1) is 11.3 Å². The largest absolute Gasteiger partial charge is 0.340 e. The molecule has 0 atom stereocenters. The van der Waals surface area contributed by atoms with E-state index in [4.69, 9.17) is 9.51 Å². The Labute approximate surface area is 141 Å². The van der Waals surface area contributed by atoms with E-state index >= 15 is 0 Å². The van der Waals surface area contributed by atoms with Crippen molar-refractivity contribution in [2.45, 2.75) is 77.3 Å². The van der Waals surface area contributed by atoms with Crippen molar-refractivity contribution in [3.05, 3.63) is 27.8 Å². The molecule has 0 aliphatic heterocycles. The predicted molar refractivity (Wildman–Crippen MR) is 91.5 cm³/mol. The van der Waals surface area contributed by atoms with Gasteiger partial charge in [0, 0.05) is 24.8 Å². The molecule has 0 bridgehead atoms. The second-order valence-corrected chi connectivity index (χ2v) is 7.71. The molecule has 2 heterocycles. The molecular formula is C17H26N4OS. The second kappa shape index (κ2) is 7.09. The minimum Gasteiger partial charge on any atom is -0.340 e. The summed E-state index contributed by atoms with van der Waals surface area (Å²) in [6, 6.07) is 0. The average molecular weight is 334 g/mol. The summed E-state index contributed by atoms with van der Waals surface area (Å²) in [5, 5.41) is 11.3. The van der Waals surface area contributed by atoms with Crippen molar-refractivity contribution in [2.24, 2.45) is 0 Å². The van der Waals surface area contributed by atoms with E-state index in [-0.39, 0.29) is 5.54 Å².